The third-order valence-electron chi connectivity index (χ3n) is 6.17. The first kappa shape index (κ1) is 26.8. The molecule has 0 saturated carbocycles. The predicted molar refractivity (Wildman–Crippen MR) is 126 cm³/mol. The maximum absolute atomic E-state index is 13.4. The molecule has 3 fully saturated rings. The fourth-order valence-corrected chi connectivity index (χ4v) is 4.62. The molecule has 200 valence electrons. The number of alkyl carbamates (subject to hydrolysis) is 1. The maximum Gasteiger partial charge on any atom is 0.408 e. The zero-order valence-corrected chi connectivity index (χ0v) is 21.7. The number of fused-ring (bicyclic) bond motifs is 1. The fourth-order valence-electron chi connectivity index (χ4n) is 4.62. The van der Waals surface area contributed by atoms with Crippen molar-refractivity contribution in [3.63, 3.8) is 0 Å². The Morgan fingerprint density at radius 3 is 2.39 bits per heavy atom. The molecule has 0 radical (unpaired) electrons. The van der Waals surface area contributed by atoms with Crippen LogP contribution < -0.4 is 5.32 Å². The van der Waals surface area contributed by atoms with Crippen molar-refractivity contribution < 1.29 is 42.7 Å². The molecular formula is C26H37NO9. The highest BCUT2D eigenvalue weighted by Gasteiger charge is 2.60. The van der Waals surface area contributed by atoms with E-state index in [4.69, 9.17) is 33.2 Å². The number of amides is 1. The Bertz CT molecular complexity index is 919. The number of benzene rings is 1. The molecule has 1 aromatic rings. The van der Waals surface area contributed by atoms with Gasteiger partial charge in [0.05, 0.1) is 6.61 Å². The molecule has 1 amide bonds. The van der Waals surface area contributed by atoms with E-state index in [-0.39, 0.29) is 19.1 Å². The monoisotopic (exact) mass is 507 g/mol. The second-order valence-corrected chi connectivity index (χ2v) is 10.7. The molecule has 3 aliphatic heterocycles. The minimum absolute atomic E-state index is 0.0908. The van der Waals surface area contributed by atoms with Crippen LogP contribution in [0.3, 0.4) is 0 Å². The molecule has 3 aliphatic rings. The summed E-state index contributed by atoms with van der Waals surface area (Å²) in [6, 6.07) is 8.39. The van der Waals surface area contributed by atoms with Gasteiger partial charge in [0, 0.05) is 0 Å². The molecule has 10 nitrogen and oxygen atoms in total. The molecule has 0 unspecified atom stereocenters. The summed E-state index contributed by atoms with van der Waals surface area (Å²) in [5, 5.41) is 2.66. The molecule has 0 spiro atoms. The summed E-state index contributed by atoms with van der Waals surface area (Å²) in [5.41, 5.74) is 0.843. The molecule has 3 heterocycles. The second kappa shape index (κ2) is 10.6. The molecule has 4 rings (SSSR count). The first-order chi connectivity index (χ1) is 16.9. The van der Waals surface area contributed by atoms with Crippen molar-refractivity contribution in [3.05, 3.63) is 35.9 Å². The standard InChI is InChI=1S/C26H37NO9/c1-15(2)12-17(27-24(29)30-13-16-10-8-7-9-11-16)22(28)32-20-19(18-14-31-25(3,4)34-18)33-23-21(20)35-26(5,6)36-23/h7-11,15,17-21,23H,12-14H2,1-6H3,(H,27,29)/t17-,18-,19-,20+,21+,23+/m0/s1. The molecule has 3 saturated heterocycles. The third kappa shape index (κ3) is 6.54. The van der Waals surface area contributed by atoms with Crippen LogP contribution >= 0.6 is 0 Å². The summed E-state index contributed by atoms with van der Waals surface area (Å²) in [4.78, 5) is 25.9. The van der Waals surface area contributed by atoms with Gasteiger partial charge in [0.15, 0.2) is 30.1 Å². The molecular weight excluding hydrogens is 470 g/mol. The van der Waals surface area contributed by atoms with Crippen LogP contribution in [0.2, 0.25) is 0 Å². The number of hydrogen-bond acceptors (Lipinski definition) is 9. The largest absolute Gasteiger partial charge is 0.455 e. The Balaban J connectivity index is 1.44. The normalized spacial score (nSPS) is 31.1. The molecule has 0 aliphatic carbocycles. The number of esters is 1. The number of nitrogens with one attached hydrogen (secondary N) is 1. The number of ether oxygens (including phenoxy) is 7. The Labute approximate surface area is 211 Å². The molecule has 0 bridgehead atoms. The van der Waals surface area contributed by atoms with Gasteiger partial charge >= 0.3 is 12.1 Å². The Kier molecular flexibility index (Phi) is 7.92. The Morgan fingerprint density at radius 2 is 1.75 bits per heavy atom. The first-order valence-corrected chi connectivity index (χ1v) is 12.4. The molecule has 1 aromatic carbocycles. The topological polar surface area (TPSA) is 111 Å². The van der Waals surface area contributed by atoms with Gasteiger partial charge in [0.2, 0.25) is 0 Å². The SMILES string of the molecule is CC(C)C[C@H](NC(=O)OCc1ccccc1)C(=O)O[C@@H]1[C@H]([C@@H]2COC(C)(C)O2)O[C@@H]2OC(C)(C)O[C@@H]21. The minimum atomic E-state index is -0.916. The Morgan fingerprint density at radius 1 is 1.03 bits per heavy atom. The summed E-state index contributed by atoms with van der Waals surface area (Å²) >= 11 is 0. The zero-order valence-electron chi connectivity index (χ0n) is 21.7. The van der Waals surface area contributed by atoms with Gasteiger partial charge in [-0.3, -0.25) is 0 Å². The molecule has 6 atom stereocenters. The quantitative estimate of drug-likeness (QED) is 0.530. The molecule has 1 N–H and O–H groups in total. The van der Waals surface area contributed by atoms with Gasteiger partial charge in [-0.15, -0.1) is 0 Å². The summed E-state index contributed by atoms with van der Waals surface area (Å²) in [7, 11) is 0. The minimum Gasteiger partial charge on any atom is -0.455 e. The van der Waals surface area contributed by atoms with Crippen molar-refractivity contribution in [1.82, 2.24) is 5.32 Å². The van der Waals surface area contributed by atoms with E-state index < -0.39 is 60.4 Å². The van der Waals surface area contributed by atoms with E-state index in [1.165, 1.54) is 0 Å². The van der Waals surface area contributed by atoms with Crippen molar-refractivity contribution in [3.8, 4) is 0 Å². The van der Waals surface area contributed by atoms with E-state index >= 15 is 0 Å². The lowest BCUT2D eigenvalue weighted by atomic mass is 10.0. The van der Waals surface area contributed by atoms with E-state index in [1.807, 2.05) is 58.0 Å². The highest BCUT2D eigenvalue weighted by molar-refractivity contribution is 5.81. The van der Waals surface area contributed by atoms with Crippen molar-refractivity contribution >= 4 is 12.1 Å². The van der Waals surface area contributed by atoms with Crippen molar-refractivity contribution in [2.75, 3.05) is 6.61 Å². The van der Waals surface area contributed by atoms with Gasteiger partial charge < -0.3 is 38.5 Å². The van der Waals surface area contributed by atoms with Gasteiger partial charge in [0.1, 0.15) is 24.9 Å². The van der Waals surface area contributed by atoms with Gasteiger partial charge in [-0.1, -0.05) is 44.2 Å². The second-order valence-electron chi connectivity index (χ2n) is 10.7. The van der Waals surface area contributed by atoms with E-state index in [0.717, 1.165) is 5.56 Å². The summed E-state index contributed by atoms with van der Waals surface area (Å²) in [6.07, 6.45) is -3.66. The van der Waals surface area contributed by atoms with E-state index in [2.05, 4.69) is 5.32 Å². The highest BCUT2D eigenvalue weighted by atomic mass is 16.8. The first-order valence-electron chi connectivity index (χ1n) is 12.4. The van der Waals surface area contributed by atoms with Crippen LogP contribution in [0.1, 0.15) is 53.5 Å². The zero-order chi connectivity index (χ0) is 26.1. The van der Waals surface area contributed by atoms with Gasteiger partial charge in [-0.25, -0.2) is 9.59 Å². The fraction of sp³-hybridized carbons (Fsp3) is 0.692. The van der Waals surface area contributed by atoms with Gasteiger partial charge in [0.25, 0.3) is 0 Å². The Hall–Kier alpha value is -2.24. The lowest BCUT2D eigenvalue weighted by Gasteiger charge is -2.30. The third-order valence-corrected chi connectivity index (χ3v) is 6.17. The summed E-state index contributed by atoms with van der Waals surface area (Å²) < 4.78 is 41.0. The van der Waals surface area contributed by atoms with E-state index in [9.17, 15) is 9.59 Å². The van der Waals surface area contributed by atoms with Crippen molar-refractivity contribution in [1.29, 1.82) is 0 Å². The van der Waals surface area contributed by atoms with Crippen LogP contribution in [-0.4, -0.2) is 67.0 Å². The summed E-state index contributed by atoms with van der Waals surface area (Å²) in [6.45, 7) is 11.4. The number of carbonyl (C=O) groups excluding carboxylic acids is 2. The van der Waals surface area contributed by atoms with Crippen LogP contribution in [0.5, 0.6) is 0 Å². The van der Waals surface area contributed by atoms with E-state index in [0.29, 0.717) is 6.42 Å². The number of hydrogen-bond donors (Lipinski definition) is 1. The van der Waals surface area contributed by atoms with Crippen LogP contribution in [-0.2, 0) is 44.6 Å². The molecule has 10 heteroatoms. The highest BCUT2D eigenvalue weighted by Crippen LogP contribution is 2.42. The van der Waals surface area contributed by atoms with E-state index in [1.54, 1.807) is 13.8 Å². The van der Waals surface area contributed by atoms with Crippen LogP contribution in [0, 0.1) is 5.92 Å². The average molecular weight is 508 g/mol. The number of carbonyl (C=O) groups is 2. The maximum atomic E-state index is 13.4. The van der Waals surface area contributed by atoms with Crippen LogP contribution in [0.25, 0.3) is 0 Å². The van der Waals surface area contributed by atoms with Gasteiger partial charge in [-0.2, -0.15) is 0 Å². The average Bonchev–Trinajstić information content (AvgIpc) is 3.41. The molecule has 36 heavy (non-hydrogen) atoms. The lowest BCUT2D eigenvalue weighted by molar-refractivity contribution is -0.235. The lowest BCUT2D eigenvalue weighted by Crippen LogP contribution is -2.49. The summed E-state index contributed by atoms with van der Waals surface area (Å²) in [5.74, 6) is -2.18. The smallest absolute Gasteiger partial charge is 0.408 e. The van der Waals surface area contributed by atoms with Gasteiger partial charge in [-0.05, 0) is 45.6 Å². The molecule has 0 aromatic heterocycles. The van der Waals surface area contributed by atoms with Crippen LogP contribution in [0.15, 0.2) is 30.3 Å². The predicted octanol–water partition coefficient (Wildman–Crippen LogP) is 3.27. The van der Waals surface area contributed by atoms with Crippen molar-refractivity contribution in [2.24, 2.45) is 5.92 Å². The van der Waals surface area contributed by atoms with Crippen molar-refractivity contribution in [2.45, 2.75) is 103 Å². The van der Waals surface area contributed by atoms with Crippen LogP contribution in [0.4, 0.5) is 4.79 Å². The number of rotatable bonds is 8.